The van der Waals surface area contributed by atoms with E-state index in [9.17, 15) is 18.3 Å². The monoisotopic (exact) mass is 309 g/mol. The molecular formula is C13H15N3O4S. The fourth-order valence-corrected chi connectivity index (χ4v) is 3.08. The molecule has 7 nitrogen and oxygen atoms in total. The highest BCUT2D eigenvalue weighted by molar-refractivity contribution is 7.90. The lowest BCUT2D eigenvalue weighted by Gasteiger charge is -2.17. The number of hydrogen-bond acceptors (Lipinski definition) is 6. The molecule has 0 aliphatic rings. The van der Waals surface area contributed by atoms with E-state index in [4.69, 9.17) is 0 Å². The fourth-order valence-electron chi connectivity index (χ4n) is 2.09. The van der Waals surface area contributed by atoms with Crippen LogP contribution in [0.25, 0.3) is 10.9 Å². The lowest BCUT2D eigenvalue weighted by Crippen LogP contribution is -2.26. The molecule has 0 aliphatic heterocycles. The Morgan fingerprint density at radius 3 is 2.62 bits per heavy atom. The summed E-state index contributed by atoms with van der Waals surface area (Å²) in [5.74, 6) is -1.33. The van der Waals surface area contributed by atoms with Gasteiger partial charge in [-0.2, -0.15) is 0 Å². The van der Waals surface area contributed by atoms with Crippen LogP contribution in [0.5, 0.6) is 0 Å². The zero-order chi connectivity index (χ0) is 15.6. The van der Waals surface area contributed by atoms with Gasteiger partial charge < -0.3 is 10.4 Å². The molecule has 2 rings (SSSR count). The Bertz CT molecular complexity index is 789. The van der Waals surface area contributed by atoms with Gasteiger partial charge in [0.1, 0.15) is 9.84 Å². The Hall–Kier alpha value is -2.22. The normalized spacial score (nSPS) is 13.0. The molecule has 112 valence electrons. The molecule has 2 N–H and O–H groups in total. The van der Waals surface area contributed by atoms with Crippen LogP contribution in [-0.2, 0) is 9.84 Å². The van der Waals surface area contributed by atoms with Gasteiger partial charge in [0.25, 0.3) is 0 Å². The Kier molecular flexibility index (Phi) is 4.08. The number of carboxylic acid groups (broad SMARTS) is 1. The Morgan fingerprint density at radius 2 is 2.00 bits per heavy atom. The van der Waals surface area contributed by atoms with Crippen molar-refractivity contribution < 1.29 is 18.3 Å². The lowest BCUT2D eigenvalue weighted by atomic mass is 10.1. The molecule has 8 heteroatoms. The Balaban J connectivity index is 2.49. The number of sulfone groups is 1. The van der Waals surface area contributed by atoms with Gasteiger partial charge in [-0.15, -0.1) is 10.2 Å². The van der Waals surface area contributed by atoms with Crippen molar-refractivity contribution in [3.05, 3.63) is 30.0 Å². The number of anilines is 1. The minimum atomic E-state index is -3.18. The van der Waals surface area contributed by atoms with Crippen LogP contribution in [0.4, 0.5) is 5.69 Å². The molecule has 1 unspecified atom stereocenters. The van der Waals surface area contributed by atoms with Gasteiger partial charge in [0, 0.05) is 17.7 Å². The van der Waals surface area contributed by atoms with Crippen LogP contribution in [0.2, 0.25) is 0 Å². The van der Waals surface area contributed by atoms with Crippen LogP contribution in [0, 0.1) is 0 Å². The third-order valence-electron chi connectivity index (χ3n) is 2.81. The van der Waals surface area contributed by atoms with E-state index in [0.29, 0.717) is 10.9 Å². The van der Waals surface area contributed by atoms with Crippen LogP contribution in [0.1, 0.15) is 17.4 Å². The Labute approximate surface area is 121 Å². The highest BCUT2D eigenvalue weighted by Crippen LogP contribution is 2.25. The number of aromatic nitrogens is 2. The number of hydrogen-bond donors (Lipinski definition) is 2. The molecule has 2 aromatic rings. The van der Waals surface area contributed by atoms with Crippen LogP contribution in [0.3, 0.4) is 0 Å². The van der Waals surface area contributed by atoms with Gasteiger partial charge >= 0.3 is 5.97 Å². The van der Waals surface area contributed by atoms with Crippen molar-refractivity contribution >= 4 is 32.4 Å². The van der Waals surface area contributed by atoms with Crippen LogP contribution in [0.15, 0.2) is 24.3 Å². The van der Waals surface area contributed by atoms with E-state index < -0.39 is 21.8 Å². The van der Waals surface area contributed by atoms with Crippen molar-refractivity contribution in [2.24, 2.45) is 0 Å². The first-order valence-corrected chi connectivity index (χ1v) is 8.27. The quantitative estimate of drug-likeness (QED) is 0.853. The third-order valence-corrected chi connectivity index (χ3v) is 3.92. The molecular weight excluding hydrogens is 294 g/mol. The van der Waals surface area contributed by atoms with E-state index in [0.717, 1.165) is 6.26 Å². The molecule has 0 saturated carbocycles. The van der Waals surface area contributed by atoms with Crippen LogP contribution in [-0.4, -0.2) is 47.7 Å². The summed E-state index contributed by atoms with van der Waals surface area (Å²) in [5.41, 5.74) is 0.592. The highest BCUT2D eigenvalue weighted by Gasteiger charge is 2.19. The smallest absolute Gasteiger partial charge is 0.358 e. The average molecular weight is 309 g/mol. The predicted octanol–water partition coefficient (Wildman–Crippen LogP) is 1.17. The van der Waals surface area contributed by atoms with Crippen molar-refractivity contribution in [3.63, 3.8) is 0 Å². The topological polar surface area (TPSA) is 109 Å². The molecule has 1 aromatic heterocycles. The molecule has 1 atom stereocenters. The summed E-state index contributed by atoms with van der Waals surface area (Å²) in [6, 6.07) is 6.49. The number of carbonyl (C=O) groups is 1. The number of benzene rings is 1. The van der Waals surface area contributed by atoms with Gasteiger partial charge in [0.15, 0.2) is 5.69 Å². The molecule has 0 radical (unpaired) electrons. The summed E-state index contributed by atoms with van der Waals surface area (Å²) in [7, 11) is -3.18. The summed E-state index contributed by atoms with van der Waals surface area (Å²) in [4.78, 5) is 11.3. The lowest BCUT2D eigenvalue weighted by molar-refractivity contribution is 0.0690. The molecule has 1 heterocycles. The maximum Gasteiger partial charge on any atom is 0.358 e. The predicted molar refractivity (Wildman–Crippen MR) is 79.3 cm³/mol. The van der Waals surface area contributed by atoms with E-state index in [1.807, 2.05) is 0 Å². The number of nitrogens with one attached hydrogen (secondary N) is 1. The van der Waals surface area contributed by atoms with Gasteiger partial charge in [-0.25, -0.2) is 13.2 Å². The second kappa shape index (κ2) is 5.65. The third kappa shape index (κ3) is 3.66. The van der Waals surface area contributed by atoms with E-state index in [2.05, 4.69) is 15.5 Å². The number of carboxylic acids is 1. The maximum absolute atomic E-state index is 11.3. The van der Waals surface area contributed by atoms with Gasteiger partial charge in [-0.05, 0) is 13.0 Å². The van der Waals surface area contributed by atoms with Gasteiger partial charge in [0.05, 0.1) is 17.0 Å². The van der Waals surface area contributed by atoms with Crippen LogP contribution >= 0.6 is 0 Å². The zero-order valence-electron chi connectivity index (χ0n) is 11.6. The minimum Gasteiger partial charge on any atom is -0.476 e. The van der Waals surface area contributed by atoms with Crippen LogP contribution < -0.4 is 5.32 Å². The largest absolute Gasteiger partial charge is 0.476 e. The SMILES string of the molecule is CC(CS(C)(=O)=O)Nc1c(C(=O)O)nnc2ccccc12. The first-order valence-electron chi connectivity index (χ1n) is 6.21. The highest BCUT2D eigenvalue weighted by atomic mass is 32.2. The van der Waals surface area contributed by atoms with Gasteiger partial charge in [-0.3, -0.25) is 0 Å². The van der Waals surface area contributed by atoms with Crippen molar-refractivity contribution in [1.82, 2.24) is 10.2 Å². The van der Waals surface area contributed by atoms with Gasteiger partial charge in [-0.1, -0.05) is 18.2 Å². The molecule has 1 aromatic carbocycles. The molecule has 0 fully saturated rings. The van der Waals surface area contributed by atoms with E-state index in [-0.39, 0.29) is 17.1 Å². The summed E-state index contributed by atoms with van der Waals surface area (Å²) in [6.07, 6.45) is 1.13. The molecule has 0 amide bonds. The summed E-state index contributed by atoms with van der Waals surface area (Å²) in [5, 5.41) is 20.3. The minimum absolute atomic E-state index is 0.108. The second-order valence-electron chi connectivity index (χ2n) is 4.88. The van der Waals surface area contributed by atoms with E-state index in [1.54, 1.807) is 31.2 Å². The van der Waals surface area contributed by atoms with Crippen molar-refractivity contribution in [2.45, 2.75) is 13.0 Å². The number of fused-ring (bicyclic) bond motifs is 1. The molecule has 0 spiro atoms. The second-order valence-corrected chi connectivity index (χ2v) is 7.07. The number of rotatable bonds is 5. The molecule has 21 heavy (non-hydrogen) atoms. The van der Waals surface area contributed by atoms with Gasteiger partial charge in [0.2, 0.25) is 0 Å². The standard InChI is InChI=1S/C13H15N3O4S/c1-8(7-21(2,19)20)14-11-9-5-3-4-6-10(9)15-16-12(11)13(17)18/h3-6,8H,7H2,1-2H3,(H,14,15)(H,17,18). The van der Waals surface area contributed by atoms with E-state index >= 15 is 0 Å². The molecule has 0 bridgehead atoms. The summed E-state index contributed by atoms with van der Waals surface area (Å²) < 4.78 is 22.7. The fraction of sp³-hybridized carbons (Fsp3) is 0.308. The maximum atomic E-state index is 11.3. The molecule has 0 aliphatic carbocycles. The zero-order valence-corrected chi connectivity index (χ0v) is 12.4. The Morgan fingerprint density at radius 1 is 1.33 bits per heavy atom. The summed E-state index contributed by atoms with van der Waals surface area (Å²) in [6.45, 7) is 1.67. The van der Waals surface area contributed by atoms with E-state index in [1.165, 1.54) is 0 Å². The average Bonchev–Trinajstić information content (AvgIpc) is 2.36. The van der Waals surface area contributed by atoms with Crippen molar-refractivity contribution in [1.29, 1.82) is 0 Å². The van der Waals surface area contributed by atoms with Crippen molar-refractivity contribution in [3.8, 4) is 0 Å². The summed E-state index contributed by atoms with van der Waals surface area (Å²) >= 11 is 0. The molecule has 0 saturated heterocycles. The number of nitrogens with zero attached hydrogens (tertiary/aromatic N) is 2. The van der Waals surface area contributed by atoms with Crippen molar-refractivity contribution in [2.75, 3.05) is 17.3 Å². The first kappa shape index (κ1) is 15.2. The first-order chi connectivity index (χ1) is 9.78. The number of aromatic carboxylic acids is 1.